The van der Waals surface area contributed by atoms with Crippen LogP contribution in [0.5, 0.6) is 11.5 Å². The Morgan fingerprint density at radius 3 is 2.44 bits per heavy atom. The van der Waals surface area contributed by atoms with E-state index in [1.165, 1.54) is 0 Å². The van der Waals surface area contributed by atoms with Crippen LogP contribution in [0, 0.1) is 0 Å². The Labute approximate surface area is 152 Å². The predicted molar refractivity (Wildman–Crippen MR) is 96.4 cm³/mol. The van der Waals surface area contributed by atoms with Gasteiger partial charge in [-0.1, -0.05) is 29.8 Å². The first kappa shape index (κ1) is 16.3. The molecular formula is C20H20ClNO3. The first-order valence-electron chi connectivity index (χ1n) is 8.55. The Hall–Kier alpha value is -2.20. The second kappa shape index (κ2) is 6.26. The average Bonchev–Trinajstić information content (AvgIpc) is 3.44. The van der Waals surface area contributed by atoms with Gasteiger partial charge in [0.1, 0.15) is 13.2 Å². The van der Waals surface area contributed by atoms with E-state index in [1.807, 2.05) is 49.4 Å². The maximum atomic E-state index is 12.9. The van der Waals surface area contributed by atoms with Gasteiger partial charge in [0, 0.05) is 5.02 Å². The molecule has 0 spiro atoms. The van der Waals surface area contributed by atoms with E-state index in [1.54, 1.807) is 0 Å². The first-order valence-corrected chi connectivity index (χ1v) is 8.93. The van der Waals surface area contributed by atoms with E-state index in [4.69, 9.17) is 21.1 Å². The van der Waals surface area contributed by atoms with E-state index < -0.39 is 5.41 Å². The fraction of sp³-hybridized carbons (Fsp3) is 0.350. The van der Waals surface area contributed by atoms with Crippen LogP contribution in [-0.2, 0) is 10.2 Å². The van der Waals surface area contributed by atoms with Crippen LogP contribution in [0.25, 0.3) is 0 Å². The Balaban J connectivity index is 1.50. The molecule has 2 aromatic rings. The summed E-state index contributed by atoms with van der Waals surface area (Å²) in [6, 6.07) is 13.3. The molecule has 0 radical (unpaired) electrons. The van der Waals surface area contributed by atoms with Crippen molar-refractivity contribution >= 4 is 17.5 Å². The summed E-state index contributed by atoms with van der Waals surface area (Å²) in [5.41, 5.74) is 1.63. The number of hydrogen-bond donors (Lipinski definition) is 1. The third-order valence-electron chi connectivity index (χ3n) is 5.00. The SMILES string of the molecule is CC(NC(=O)C1(c2ccc(Cl)cc2)CC1)c1ccc2c(c1)OCCO2. The quantitative estimate of drug-likeness (QED) is 0.899. The van der Waals surface area contributed by atoms with Gasteiger partial charge < -0.3 is 14.8 Å². The van der Waals surface area contributed by atoms with E-state index in [0.717, 1.165) is 35.5 Å². The van der Waals surface area contributed by atoms with Crippen molar-refractivity contribution < 1.29 is 14.3 Å². The van der Waals surface area contributed by atoms with Crippen molar-refractivity contribution in [2.45, 2.75) is 31.2 Å². The van der Waals surface area contributed by atoms with E-state index in [-0.39, 0.29) is 11.9 Å². The lowest BCUT2D eigenvalue weighted by molar-refractivity contribution is -0.124. The largest absolute Gasteiger partial charge is 0.486 e. The number of halogens is 1. The van der Waals surface area contributed by atoms with Crippen LogP contribution in [0.4, 0.5) is 0 Å². The van der Waals surface area contributed by atoms with Crippen LogP contribution in [0.2, 0.25) is 5.02 Å². The number of amides is 1. The molecule has 1 atom stereocenters. The summed E-state index contributed by atoms with van der Waals surface area (Å²) >= 11 is 5.96. The number of hydrogen-bond acceptors (Lipinski definition) is 3. The lowest BCUT2D eigenvalue weighted by Gasteiger charge is -2.23. The summed E-state index contributed by atoms with van der Waals surface area (Å²) in [6.45, 7) is 3.11. The number of ether oxygens (including phenoxy) is 2. The number of carbonyl (C=O) groups excluding carboxylic acids is 1. The molecular weight excluding hydrogens is 338 g/mol. The minimum Gasteiger partial charge on any atom is -0.486 e. The molecule has 1 amide bonds. The van der Waals surface area contributed by atoms with Crippen molar-refractivity contribution in [3.63, 3.8) is 0 Å². The normalized spacial score (nSPS) is 18.3. The fourth-order valence-electron chi connectivity index (χ4n) is 3.29. The van der Waals surface area contributed by atoms with Gasteiger partial charge in [0.2, 0.25) is 5.91 Å². The Morgan fingerprint density at radius 1 is 1.08 bits per heavy atom. The zero-order valence-corrected chi connectivity index (χ0v) is 14.8. The second-order valence-electron chi connectivity index (χ2n) is 6.69. The highest BCUT2D eigenvalue weighted by Crippen LogP contribution is 2.49. The molecule has 1 aliphatic heterocycles. The molecule has 130 valence electrons. The van der Waals surface area contributed by atoms with Gasteiger partial charge in [-0.2, -0.15) is 0 Å². The van der Waals surface area contributed by atoms with Gasteiger partial charge in [0.25, 0.3) is 0 Å². The van der Waals surface area contributed by atoms with E-state index in [9.17, 15) is 4.79 Å². The third kappa shape index (κ3) is 3.07. The van der Waals surface area contributed by atoms with Gasteiger partial charge in [0.15, 0.2) is 11.5 Å². The topological polar surface area (TPSA) is 47.6 Å². The van der Waals surface area contributed by atoms with Crippen molar-refractivity contribution in [2.24, 2.45) is 0 Å². The van der Waals surface area contributed by atoms with Crippen LogP contribution >= 0.6 is 11.6 Å². The highest BCUT2D eigenvalue weighted by molar-refractivity contribution is 6.30. The highest BCUT2D eigenvalue weighted by Gasteiger charge is 2.51. The van der Waals surface area contributed by atoms with Crippen LogP contribution < -0.4 is 14.8 Å². The predicted octanol–water partition coefficient (Wildman–Crippen LogP) is 4.02. The first-order chi connectivity index (χ1) is 12.1. The van der Waals surface area contributed by atoms with E-state index >= 15 is 0 Å². The molecule has 1 fully saturated rings. The maximum absolute atomic E-state index is 12.9. The molecule has 0 bridgehead atoms. The van der Waals surface area contributed by atoms with Gasteiger partial charge >= 0.3 is 0 Å². The van der Waals surface area contributed by atoms with Gasteiger partial charge in [-0.15, -0.1) is 0 Å². The van der Waals surface area contributed by atoms with Gasteiger partial charge in [0.05, 0.1) is 11.5 Å². The molecule has 25 heavy (non-hydrogen) atoms. The molecule has 2 aromatic carbocycles. The molecule has 0 aromatic heterocycles. The number of fused-ring (bicyclic) bond motifs is 1. The number of benzene rings is 2. The average molecular weight is 358 g/mol. The van der Waals surface area contributed by atoms with Crippen LogP contribution in [-0.4, -0.2) is 19.1 Å². The molecule has 1 heterocycles. The highest BCUT2D eigenvalue weighted by atomic mass is 35.5. The monoisotopic (exact) mass is 357 g/mol. The molecule has 1 unspecified atom stereocenters. The lowest BCUT2D eigenvalue weighted by Crippen LogP contribution is -2.36. The van der Waals surface area contributed by atoms with Crippen molar-refractivity contribution in [1.82, 2.24) is 5.32 Å². The maximum Gasteiger partial charge on any atom is 0.231 e. The zero-order chi connectivity index (χ0) is 17.4. The second-order valence-corrected chi connectivity index (χ2v) is 7.12. The van der Waals surface area contributed by atoms with Crippen molar-refractivity contribution in [3.8, 4) is 11.5 Å². The van der Waals surface area contributed by atoms with Crippen LogP contribution in [0.1, 0.15) is 36.9 Å². The number of rotatable bonds is 4. The zero-order valence-electron chi connectivity index (χ0n) is 14.0. The molecule has 1 N–H and O–H groups in total. The van der Waals surface area contributed by atoms with E-state index in [2.05, 4.69) is 5.32 Å². The minimum atomic E-state index is -0.410. The molecule has 4 rings (SSSR count). The molecule has 4 nitrogen and oxygen atoms in total. The summed E-state index contributed by atoms with van der Waals surface area (Å²) < 4.78 is 11.2. The molecule has 2 aliphatic rings. The number of carbonyl (C=O) groups is 1. The lowest BCUT2D eigenvalue weighted by atomic mass is 9.94. The summed E-state index contributed by atoms with van der Waals surface area (Å²) in [6.07, 6.45) is 1.74. The summed E-state index contributed by atoms with van der Waals surface area (Å²) in [5, 5.41) is 3.84. The van der Waals surface area contributed by atoms with Crippen molar-refractivity contribution in [1.29, 1.82) is 0 Å². The van der Waals surface area contributed by atoms with Crippen LogP contribution in [0.15, 0.2) is 42.5 Å². The Morgan fingerprint density at radius 2 is 1.76 bits per heavy atom. The summed E-state index contributed by atoms with van der Waals surface area (Å²) in [7, 11) is 0. The van der Waals surface area contributed by atoms with E-state index in [0.29, 0.717) is 18.2 Å². The van der Waals surface area contributed by atoms with Crippen LogP contribution in [0.3, 0.4) is 0 Å². The fourth-order valence-corrected chi connectivity index (χ4v) is 3.41. The van der Waals surface area contributed by atoms with Gasteiger partial charge in [-0.3, -0.25) is 4.79 Å². The van der Waals surface area contributed by atoms with Gasteiger partial charge in [-0.25, -0.2) is 0 Å². The van der Waals surface area contributed by atoms with Crippen molar-refractivity contribution in [2.75, 3.05) is 13.2 Å². The third-order valence-corrected chi connectivity index (χ3v) is 5.25. The van der Waals surface area contributed by atoms with Gasteiger partial charge in [-0.05, 0) is 55.2 Å². The minimum absolute atomic E-state index is 0.0669. The number of nitrogens with one attached hydrogen (secondary N) is 1. The van der Waals surface area contributed by atoms with Crippen molar-refractivity contribution in [3.05, 3.63) is 58.6 Å². The Kier molecular flexibility index (Phi) is 4.08. The molecule has 1 saturated carbocycles. The summed E-state index contributed by atoms with van der Waals surface area (Å²) in [4.78, 5) is 12.9. The summed E-state index contributed by atoms with van der Waals surface area (Å²) in [5.74, 6) is 1.56. The molecule has 0 saturated heterocycles. The molecule has 1 aliphatic carbocycles. The Bertz CT molecular complexity index is 799. The smallest absolute Gasteiger partial charge is 0.231 e. The molecule has 5 heteroatoms. The standard InChI is InChI=1S/C20H20ClNO3/c1-13(14-2-7-17-18(12-14)25-11-10-24-17)22-19(23)20(8-9-20)15-3-5-16(21)6-4-15/h2-7,12-13H,8-11H2,1H3,(H,22,23).